The number of hydrogen-bond donors (Lipinski definition) is 2. The van der Waals surface area contributed by atoms with E-state index in [1.807, 2.05) is 38.1 Å². The van der Waals surface area contributed by atoms with Crippen LogP contribution in [0.4, 0.5) is 5.69 Å². The van der Waals surface area contributed by atoms with E-state index in [1.54, 1.807) is 12.4 Å². The minimum atomic E-state index is -0.127. The third-order valence-corrected chi connectivity index (χ3v) is 3.06. The Kier molecular flexibility index (Phi) is 3.80. The first-order valence-electron chi connectivity index (χ1n) is 6.12. The number of pyridine rings is 1. The van der Waals surface area contributed by atoms with Crippen LogP contribution in [-0.4, -0.2) is 10.9 Å². The summed E-state index contributed by atoms with van der Waals surface area (Å²) in [5, 5.41) is 2.88. The Morgan fingerprint density at radius 3 is 2.84 bits per heavy atom. The fourth-order valence-corrected chi connectivity index (χ4v) is 1.85. The van der Waals surface area contributed by atoms with Crippen LogP contribution in [-0.2, 0) is 6.54 Å². The van der Waals surface area contributed by atoms with Gasteiger partial charge in [0, 0.05) is 24.6 Å². The number of nitrogen functional groups attached to an aromatic ring is 1. The van der Waals surface area contributed by atoms with E-state index in [1.165, 1.54) is 0 Å². The van der Waals surface area contributed by atoms with E-state index in [9.17, 15) is 4.79 Å². The molecule has 0 saturated heterocycles. The molecule has 2 rings (SSSR count). The maximum absolute atomic E-state index is 12.0. The highest BCUT2D eigenvalue weighted by Crippen LogP contribution is 2.15. The molecule has 0 aliphatic heterocycles. The summed E-state index contributed by atoms with van der Waals surface area (Å²) in [6.07, 6.45) is 3.29. The van der Waals surface area contributed by atoms with Crippen molar-refractivity contribution in [2.24, 2.45) is 0 Å². The summed E-state index contributed by atoms with van der Waals surface area (Å²) in [6.45, 7) is 4.32. The number of rotatable bonds is 3. The molecule has 0 aliphatic rings. The average molecular weight is 255 g/mol. The normalized spacial score (nSPS) is 10.2. The molecule has 0 saturated carbocycles. The Morgan fingerprint density at radius 2 is 2.11 bits per heavy atom. The monoisotopic (exact) mass is 255 g/mol. The van der Waals surface area contributed by atoms with E-state index in [0.717, 1.165) is 22.4 Å². The lowest BCUT2D eigenvalue weighted by atomic mass is 10.1. The Morgan fingerprint density at radius 1 is 1.32 bits per heavy atom. The van der Waals surface area contributed by atoms with Gasteiger partial charge in [0.25, 0.3) is 5.91 Å². The fraction of sp³-hybridized carbons (Fsp3) is 0.200. The standard InChI is InChI=1S/C15H17N3O/c1-10-6-13(8-17-7-10)15(19)18-9-12-4-3-5-14(16)11(12)2/h3-8H,9,16H2,1-2H3,(H,18,19). The van der Waals surface area contributed by atoms with Crippen molar-refractivity contribution in [1.82, 2.24) is 10.3 Å². The number of anilines is 1. The molecular weight excluding hydrogens is 238 g/mol. The molecule has 0 unspecified atom stereocenters. The second kappa shape index (κ2) is 5.52. The van der Waals surface area contributed by atoms with Gasteiger partial charge in [-0.3, -0.25) is 9.78 Å². The van der Waals surface area contributed by atoms with Gasteiger partial charge in [0.2, 0.25) is 0 Å². The zero-order valence-electron chi connectivity index (χ0n) is 11.1. The highest BCUT2D eigenvalue weighted by Gasteiger charge is 2.07. The molecule has 0 fully saturated rings. The zero-order valence-corrected chi connectivity index (χ0v) is 11.1. The first kappa shape index (κ1) is 13.1. The van der Waals surface area contributed by atoms with Gasteiger partial charge in [0.05, 0.1) is 5.56 Å². The van der Waals surface area contributed by atoms with E-state index in [2.05, 4.69) is 10.3 Å². The second-order valence-corrected chi connectivity index (χ2v) is 4.57. The van der Waals surface area contributed by atoms with Gasteiger partial charge in [-0.15, -0.1) is 0 Å². The quantitative estimate of drug-likeness (QED) is 0.826. The maximum atomic E-state index is 12.0. The van der Waals surface area contributed by atoms with Crippen molar-refractivity contribution < 1.29 is 4.79 Å². The number of benzene rings is 1. The van der Waals surface area contributed by atoms with E-state index < -0.39 is 0 Å². The van der Waals surface area contributed by atoms with E-state index >= 15 is 0 Å². The molecule has 0 spiro atoms. The van der Waals surface area contributed by atoms with E-state index in [-0.39, 0.29) is 5.91 Å². The molecule has 4 heteroatoms. The van der Waals surface area contributed by atoms with Crippen LogP contribution in [0.15, 0.2) is 36.7 Å². The summed E-state index contributed by atoms with van der Waals surface area (Å²) < 4.78 is 0. The average Bonchev–Trinajstić information content (AvgIpc) is 2.40. The Bertz CT molecular complexity index is 608. The Labute approximate surface area is 112 Å². The zero-order chi connectivity index (χ0) is 13.8. The van der Waals surface area contributed by atoms with E-state index in [4.69, 9.17) is 5.73 Å². The lowest BCUT2D eigenvalue weighted by Gasteiger charge is -2.10. The molecule has 1 amide bonds. The van der Waals surface area contributed by atoms with Gasteiger partial charge >= 0.3 is 0 Å². The predicted molar refractivity (Wildman–Crippen MR) is 75.7 cm³/mol. The number of aryl methyl sites for hydroxylation is 1. The van der Waals surface area contributed by atoms with Crippen LogP contribution in [0.25, 0.3) is 0 Å². The molecule has 19 heavy (non-hydrogen) atoms. The summed E-state index contributed by atoms with van der Waals surface area (Å²) in [6, 6.07) is 7.51. The molecule has 0 bridgehead atoms. The largest absolute Gasteiger partial charge is 0.399 e. The van der Waals surface area contributed by atoms with Crippen LogP contribution in [0.2, 0.25) is 0 Å². The highest BCUT2D eigenvalue weighted by atomic mass is 16.1. The van der Waals surface area contributed by atoms with Gasteiger partial charge in [-0.2, -0.15) is 0 Å². The first-order valence-corrected chi connectivity index (χ1v) is 6.12. The minimum Gasteiger partial charge on any atom is -0.399 e. The maximum Gasteiger partial charge on any atom is 0.253 e. The van der Waals surface area contributed by atoms with Crippen molar-refractivity contribution in [3.63, 3.8) is 0 Å². The number of carbonyl (C=O) groups excluding carboxylic acids is 1. The van der Waals surface area contributed by atoms with Crippen LogP contribution >= 0.6 is 0 Å². The van der Waals surface area contributed by atoms with Crippen molar-refractivity contribution in [3.05, 3.63) is 58.9 Å². The van der Waals surface area contributed by atoms with Crippen LogP contribution in [0.5, 0.6) is 0 Å². The Balaban J connectivity index is 2.07. The molecule has 1 heterocycles. The van der Waals surface area contributed by atoms with Crippen LogP contribution in [0.3, 0.4) is 0 Å². The van der Waals surface area contributed by atoms with Crippen molar-refractivity contribution in [2.45, 2.75) is 20.4 Å². The summed E-state index contributed by atoms with van der Waals surface area (Å²) in [5.74, 6) is -0.127. The number of carbonyl (C=O) groups is 1. The summed E-state index contributed by atoms with van der Waals surface area (Å²) in [4.78, 5) is 16.0. The van der Waals surface area contributed by atoms with Crippen molar-refractivity contribution in [1.29, 1.82) is 0 Å². The van der Waals surface area contributed by atoms with Gasteiger partial charge in [-0.05, 0) is 42.7 Å². The minimum absolute atomic E-state index is 0.127. The van der Waals surface area contributed by atoms with Gasteiger partial charge in [-0.1, -0.05) is 12.1 Å². The van der Waals surface area contributed by atoms with Gasteiger partial charge < -0.3 is 11.1 Å². The number of nitrogens with two attached hydrogens (primary N) is 1. The summed E-state index contributed by atoms with van der Waals surface area (Å²) in [5.41, 5.74) is 10.1. The fourth-order valence-electron chi connectivity index (χ4n) is 1.85. The molecule has 3 N–H and O–H groups in total. The SMILES string of the molecule is Cc1cncc(C(=O)NCc2cccc(N)c2C)c1. The van der Waals surface area contributed by atoms with Crippen LogP contribution < -0.4 is 11.1 Å². The number of nitrogens with zero attached hydrogens (tertiary/aromatic N) is 1. The van der Waals surface area contributed by atoms with Gasteiger partial charge in [-0.25, -0.2) is 0 Å². The lowest BCUT2D eigenvalue weighted by molar-refractivity contribution is 0.0950. The van der Waals surface area contributed by atoms with Crippen molar-refractivity contribution in [2.75, 3.05) is 5.73 Å². The molecule has 98 valence electrons. The highest BCUT2D eigenvalue weighted by molar-refractivity contribution is 5.93. The third-order valence-electron chi connectivity index (χ3n) is 3.06. The summed E-state index contributed by atoms with van der Waals surface area (Å²) in [7, 11) is 0. The van der Waals surface area contributed by atoms with Crippen molar-refractivity contribution >= 4 is 11.6 Å². The van der Waals surface area contributed by atoms with Crippen LogP contribution in [0.1, 0.15) is 27.0 Å². The Hall–Kier alpha value is -2.36. The molecule has 4 nitrogen and oxygen atoms in total. The predicted octanol–water partition coefficient (Wildman–Crippen LogP) is 2.21. The van der Waals surface area contributed by atoms with E-state index in [0.29, 0.717) is 12.1 Å². The number of nitrogens with one attached hydrogen (secondary N) is 1. The molecule has 2 aromatic rings. The second-order valence-electron chi connectivity index (χ2n) is 4.57. The first-order chi connectivity index (χ1) is 9.08. The molecule has 0 aliphatic carbocycles. The summed E-state index contributed by atoms with van der Waals surface area (Å²) >= 11 is 0. The molecule has 0 radical (unpaired) electrons. The van der Waals surface area contributed by atoms with Crippen LogP contribution in [0, 0.1) is 13.8 Å². The van der Waals surface area contributed by atoms with Crippen molar-refractivity contribution in [3.8, 4) is 0 Å². The molecule has 1 aromatic carbocycles. The van der Waals surface area contributed by atoms with Gasteiger partial charge in [0.15, 0.2) is 0 Å². The molecular formula is C15H17N3O. The topological polar surface area (TPSA) is 68.0 Å². The van der Waals surface area contributed by atoms with Gasteiger partial charge in [0.1, 0.15) is 0 Å². The number of aromatic nitrogens is 1. The number of amides is 1. The molecule has 1 aromatic heterocycles. The molecule has 0 atom stereocenters. The third kappa shape index (κ3) is 3.10. The smallest absolute Gasteiger partial charge is 0.253 e. The lowest BCUT2D eigenvalue weighted by Crippen LogP contribution is -2.23. The number of hydrogen-bond acceptors (Lipinski definition) is 3.